The standard InChI is InChI=1S/C23H24N2O2/c1-6-7-20-23(27)19-11-18(10-15(4)22(19)25-20)17-8-13(2)21(14(3)9-17)24-16(5)12-26/h7-12,24-25H,5-6H2,1-4H3/b20-7-. The van der Waals surface area contributed by atoms with E-state index in [9.17, 15) is 9.59 Å². The summed E-state index contributed by atoms with van der Waals surface area (Å²) in [6.45, 7) is 11.7. The van der Waals surface area contributed by atoms with Gasteiger partial charge in [0.1, 0.15) is 0 Å². The zero-order valence-corrected chi connectivity index (χ0v) is 16.2. The molecule has 138 valence electrons. The summed E-state index contributed by atoms with van der Waals surface area (Å²) in [6.07, 6.45) is 3.44. The molecule has 4 heteroatoms. The zero-order chi connectivity index (χ0) is 19.7. The molecule has 4 nitrogen and oxygen atoms in total. The Morgan fingerprint density at radius 1 is 1.07 bits per heavy atom. The Morgan fingerprint density at radius 2 is 1.67 bits per heavy atom. The lowest BCUT2D eigenvalue weighted by molar-refractivity contribution is -0.104. The van der Waals surface area contributed by atoms with E-state index in [1.807, 2.05) is 39.8 Å². The molecule has 0 aliphatic carbocycles. The molecule has 0 bridgehead atoms. The van der Waals surface area contributed by atoms with Crippen molar-refractivity contribution in [1.82, 2.24) is 0 Å². The number of aryl methyl sites for hydroxylation is 3. The normalized spacial score (nSPS) is 14.1. The smallest absolute Gasteiger partial charge is 0.210 e. The Morgan fingerprint density at radius 3 is 2.26 bits per heavy atom. The van der Waals surface area contributed by atoms with Crippen LogP contribution in [0.1, 0.15) is 40.4 Å². The van der Waals surface area contributed by atoms with Crippen molar-refractivity contribution < 1.29 is 9.59 Å². The van der Waals surface area contributed by atoms with E-state index in [0.29, 0.717) is 17.7 Å². The predicted molar refractivity (Wildman–Crippen MR) is 111 cm³/mol. The second kappa shape index (κ2) is 7.23. The molecular weight excluding hydrogens is 336 g/mol. The minimum atomic E-state index is 0.0470. The zero-order valence-electron chi connectivity index (χ0n) is 16.2. The first kappa shape index (κ1) is 18.6. The number of allylic oxidation sites excluding steroid dienone is 3. The van der Waals surface area contributed by atoms with Gasteiger partial charge in [-0.1, -0.05) is 19.6 Å². The van der Waals surface area contributed by atoms with Gasteiger partial charge < -0.3 is 10.6 Å². The van der Waals surface area contributed by atoms with Crippen LogP contribution in [0.3, 0.4) is 0 Å². The molecule has 3 rings (SSSR count). The lowest BCUT2D eigenvalue weighted by Crippen LogP contribution is -2.03. The first-order chi connectivity index (χ1) is 12.8. The van der Waals surface area contributed by atoms with Crippen molar-refractivity contribution in [2.24, 2.45) is 0 Å². The van der Waals surface area contributed by atoms with E-state index in [0.717, 1.165) is 51.2 Å². The van der Waals surface area contributed by atoms with Crippen LogP contribution >= 0.6 is 0 Å². The fraction of sp³-hybridized carbons (Fsp3) is 0.217. The van der Waals surface area contributed by atoms with Crippen molar-refractivity contribution in [1.29, 1.82) is 0 Å². The number of carbonyl (C=O) groups excluding carboxylic acids is 2. The van der Waals surface area contributed by atoms with Crippen LogP contribution in [0.25, 0.3) is 11.1 Å². The van der Waals surface area contributed by atoms with E-state index in [-0.39, 0.29) is 5.78 Å². The monoisotopic (exact) mass is 360 g/mol. The minimum absolute atomic E-state index is 0.0470. The van der Waals surface area contributed by atoms with Gasteiger partial charge in [-0.05, 0) is 79.3 Å². The number of benzene rings is 2. The van der Waals surface area contributed by atoms with Crippen LogP contribution in [0, 0.1) is 20.8 Å². The molecule has 1 aliphatic heterocycles. The molecule has 2 N–H and O–H groups in total. The molecule has 0 radical (unpaired) electrons. The second-order valence-corrected chi connectivity index (χ2v) is 6.95. The highest BCUT2D eigenvalue weighted by molar-refractivity contribution is 6.19. The lowest BCUT2D eigenvalue weighted by Gasteiger charge is -2.15. The summed E-state index contributed by atoms with van der Waals surface area (Å²) in [5.41, 5.74) is 8.62. The number of hydrogen-bond donors (Lipinski definition) is 2. The SMILES string of the molecule is C=C(C=O)Nc1c(C)cc(-c2cc(C)c3c(c2)C(=O)/C(=C/CC)N3)cc1C. The number of nitrogens with one attached hydrogen (secondary N) is 2. The summed E-state index contributed by atoms with van der Waals surface area (Å²) in [7, 11) is 0. The van der Waals surface area contributed by atoms with Crippen LogP contribution in [-0.2, 0) is 4.79 Å². The van der Waals surface area contributed by atoms with Gasteiger partial charge in [0.25, 0.3) is 0 Å². The van der Waals surface area contributed by atoms with Crippen molar-refractivity contribution in [3.63, 3.8) is 0 Å². The molecule has 0 spiro atoms. The van der Waals surface area contributed by atoms with Gasteiger partial charge in [0.2, 0.25) is 5.78 Å². The van der Waals surface area contributed by atoms with Crippen molar-refractivity contribution >= 4 is 23.4 Å². The van der Waals surface area contributed by atoms with Gasteiger partial charge >= 0.3 is 0 Å². The summed E-state index contributed by atoms with van der Waals surface area (Å²) in [4.78, 5) is 23.5. The molecule has 0 atom stereocenters. The number of fused-ring (bicyclic) bond motifs is 1. The van der Waals surface area contributed by atoms with Crippen molar-refractivity contribution in [2.45, 2.75) is 34.1 Å². The van der Waals surface area contributed by atoms with Gasteiger partial charge in [-0.25, -0.2) is 0 Å². The van der Waals surface area contributed by atoms with Gasteiger partial charge in [0, 0.05) is 11.3 Å². The number of aldehydes is 1. The van der Waals surface area contributed by atoms with E-state index >= 15 is 0 Å². The molecular formula is C23H24N2O2. The van der Waals surface area contributed by atoms with Crippen LogP contribution in [-0.4, -0.2) is 12.1 Å². The van der Waals surface area contributed by atoms with E-state index in [2.05, 4.69) is 35.4 Å². The Balaban J connectivity index is 2.06. The third-order valence-corrected chi connectivity index (χ3v) is 4.79. The number of hydrogen-bond acceptors (Lipinski definition) is 4. The number of carbonyl (C=O) groups is 2. The van der Waals surface area contributed by atoms with Crippen LogP contribution in [0.5, 0.6) is 0 Å². The number of ketones is 1. The Hall–Kier alpha value is -3.14. The van der Waals surface area contributed by atoms with Crippen molar-refractivity contribution in [3.8, 4) is 11.1 Å². The lowest BCUT2D eigenvalue weighted by atomic mass is 9.94. The Kier molecular flexibility index (Phi) is 5.00. The number of rotatable bonds is 5. The molecule has 0 unspecified atom stereocenters. The molecule has 0 saturated heterocycles. The predicted octanol–water partition coefficient (Wildman–Crippen LogP) is 5.31. The second-order valence-electron chi connectivity index (χ2n) is 6.95. The summed E-state index contributed by atoms with van der Waals surface area (Å²) in [5, 5.41) is 6.30. The summed E-state index contributed by atoms with van der Waals surface area (Å²) < 4.78 is 0. The van der Waals surface area contributed by atoms with Gasteiger partial charge in [-0.15, -0.1) is 0 Å². The maximum absolute atomic E-state index is 12.7. The van der Waals surface area contributed by atoms with Gasteiger partial charge in [-0.3, -0.25) is 9.59 Å². The summed E-state index contributed by atoms with van der Waals surface area (Å²) in [5.74, 6) is 0.0470. The van der Waals surface area contributed by atoms with E-state index < -0.39 is 0 Å². The molecule has 0 saturated carbocycles. The van der Waals surface area contributed by atoms with E-state index in [1.54, 1.807) is 0 Å². The number of Topliss-reactive ketones (excluding diaryl/α,β-unsaturated/α-hetero) is 1. The van der Waals surface area contributed by atoms with E-state index in [1.165, 1.54) is 0 Å². The van der Waals surface area contributed by atoms with Crippen LogP contribution in [0.15, 0.2) is 48.3 Å². The fourth-order valence-corrected chi connectivity index (χ4v) is 3.50. The maximum atomic E-state index is 12.7. The topological polar surface area (TPSA) is 58.2 Å². The average molecular weight is 360 g/mol. The molecule has 2 aromatic rings. The first-order valence-corrected chi connectivity index (χ1v) is 9.05. The van der Waals surface area contributed by atoms with Crippen LogP contribution < -0.4 is 10.6 Å². The summed E-state index contributed by atoms with van der Waals surface area (Å²) >= 11 is 0. The number of anilines is 2. The fourth-order valence-electron chi connectivity index (χ4n) is 3.50. The Labute approximate surface area is 160 Å². The van der Waals surface area contributed by atoms with Crippen LogP contribution in [0.4, 0.5) is 11.4 Å². The molecule has 0 aromatic heterocycles. The van der Waals surface area contributed by atoms with Crippen molar-refractivity contribution in [3.05, 3.63) is 70.6 Å². The third kappa shape index (κ3) is 3.43. The molecule has 27 heavy (non-hydrogen) atoms. The Bertz CT molecular complexity index is 977. The highest BCUT2D eigenvalue weighted by Crippen LogP contribution is 2.37. The summed E-state index contributed by atoms with van der Waals surface area (Å²) in [6, 6.07) is 8.17. The molecule has 1 aliphatic rings. The highest BCUT2D eigenvalue weighted by atomic mass is 16.1. The quantitative estimate of drug-likeness (QED) is 0.561. The first-order valence-electron chi connectivity index (χ1n) is 9.05. The van der Waals surface area contributed by atoms with E-state index in [4.69, 9.17) is 0 Å². The third-order valence-electron chi connectivity index (χ3n) is 4.79. The molecule has 0 fully saturated rings. The molecule has 1 heterocycles. The minimum Gasteiger partial charge on any atom is -0.353 e. The largest absolute Gasteiger partial charge is 0.353 e. The van der Waals surface area contributed by atoms with Gasteiger partial charge in [0.05, 0.1) is 17.1 Å². The van der Waals surface area contributed by atoms with Crippen LogP contribution in [0.2, 0.25) is 0 Å². The average Bonchev–Trinajstić information content (AvgIpc) is 2.95. The van der Waals surface area contributed by atoms with Crippen molar-refractivity contribution in [2.75, 3.05) is 10.6 Å². The molecule has 0 amide bonds. The highest BCUT2D eigenvalue weighted by Gasteiger charge is 2.26. The van der Waals surface area contributed by atoms with Gasteiger partial charge in [-0.2, -0.15) is 0 Å². The molecule has 2 aromatic carbocycles. The maximum Gasteiger partial charge on any atom is 0.210 e. The van der Waals surface area contributed by atoms with Gasteiger partial charge in [0.15, 0.2) is 6.29 Å².